The fourth-order valence-electron chi connectivity index (χ4n) is 0.531. The molecule has 12 heavy (non-hydrogen) atoms. The summed E-state index contributed by atoms with van der Waals surface area (Å²) < 4.78 is 15.9. The van der Waals surface area contributed by atoms with E-state index in [1.807, 2.05) is 6.92 Å². The van der Waals surface area contributed by atoms with Gasteiger partial charge in [0.15, 0.2) is 0 Å². The minimum Gasteiger partial charge on any atom is -0.321 e. The van der Waals surface area contributed by atoms with Gasteiger partial charge in [0.1, 0.15) is 0 Å². The maximum absolute atomic E-state index is 11.2. The van der Waals surface area contributed by atoms with Crippen molar-refractivity contribution < 1.29 is 14.0 Å². The van der Waals surface area contributed by atoms with E-state index in [9.17, 15) is 9.46 Å². The third-order valence-electron chi connectivity index (χ3n) is 1.36. The van der Waals surface area contributed by atoms with Crippen molar-refractivity contribution in [1.82, 2.24) is 0 Å². The van der Waals surface area contributed by atoms with Crippen LogP contribution in [0.1, 0.15) is 19.8 Å². The minimum absolute atomic E-state index is 0.0543. The van der Waals surface area contributed by atoms with Gasteiger partial charge in [0, 0.05) is 0 Å². The lowest BCUT2D eigenvalue weighted by atomic mass is 10.4. The Labute approximate surface area is 73.3 Å². The summed E-state index contributed by atoms with van der Waals surface area (Å²) in [7, 11) is -3.63. The van der Waals surface area contributed by atoms with Crippen molar-refractivity contribution in [3.8, 4) is 0 Å². The van der Waals surface area contributed by atoms with E-state index in [-0.39, 0.29) is 11.9 Å². The van der Waals surface area contributed by atoms with E-state index < -0.39 is 7.60 Å². The van der Waals surface area contributed by atoms with Crippen LogP contribution in [0.25, 0.3) is 0 Å². The average molecular weight is 190 g/mol. The van der Waals surface area contributed by atoms with Crippen LogP contribution >= 0.6 is 7.60 Å². The summed E-state index contributed by atoms with van der Waals surface area (Å²) in [6.07, 6.45) is 2.95. The summed E-state index contributed by atoms with van der Waals surface area (Å²) in [4.78, 5) is 9.17. The second-order valence-electron chi connectivity index (χ2n) is 2.40. The third kappa shape index (κ3) is 3.86. The molecule has 0 heterocycles. The Balaban J connectivity index is 3.96. The number of hydrogen-bond donors (Lipinski definition) is 1. The summed E-state index contributed by atoms with van der Waals surface area (Å²) in [6, 6.07) is 0. The van der Waals surface area contributed by atoms with Crippen molar-refractivity contribution in [3.63, 3.8) is 0 Å². The molecule has 0 radical (unpaired) electrons. The zero-order chi connectivity index (χ0) is 9.61. The quantitative estimate of drug-likeness (QED) is 0.398. The van der Waals surface area contributed by atoms with Gasteiger partial charge >= 0.3 is 7.60 Å². The Morgan fingerprint density at radius 3 is 2.75 bits per heavy atom. The molecule has 0 saturated carbocycles. The molecule has 0 aromatic heterocycles. The van der Waals surface area contributed by atoms with Crippen molar-refractivity contribution in [2.75, 3.05) is 6.61 Å². The summed E-state index contributed by atoms with van der Waals surface area (Å²) in [5.41, 5.74) is 0. The highest BCUT2D eigenvalue weighted by atomic mass is 31.2. The fourth-order valence-corrected chi connectivity index (χ4v) is 1.30. The Hall–Kier alpha value is -0.370. The zero-order valence-electron chi connectivity index (χ0n) is 7.32. The molecule has 0 aliphatic carbocycles. The van der Waals surface area contributed by atoms with Gasteiger partial charge in [-0.15, -0.1) is 0 Å². The molecule has 0 amide bonds. The lowest BCUT2D eigenvalue weighted by Crippen LogP contribution is -1.92. The van der Waals surface area contributed by atoms with Gasteiger partial charge in [-0.1, -0.05) is 32.6 Å². The largest absolute Gasteiger partial charge is 0.358 e. The van der Waals surface area contributed by atoms with Crippen LogP contribution in [0.2, 0.25) is 0 Å². The van der Waals surface area contributed by atoms with Gasteiger partial charge in [0.2, 0.25) is 0 Å². The number of hydrogen-bond acceptors (Lipinski definition) is 2. The second-order valence-corrected chi connectivity index (χ2v) is 4.28. The van der Waals surface area contributed by atoms with Crippen LogP contribution in [0.4, 0.5) is 0 Å². The smallest absolute Gasteiger partial charge is 0.321 e. The predicted molar refractivity (Wildman–Crippen MR) is 50.0 cm³/mol. The fraction of sp³-hybridized carbons (Fsp3) is 0.500. The predicted octanol–water partition coefficient (Wildman–Crippen LogP) is 2.69. The Morgan fingerprint density at radius 2 is 2.33 bits per heavy atom. The molecule has 0 fully saturated rings. The first-order valence-electron chi connectivity index (χ1n) is 3.84. The first-order chi connectivity index (χ1) is 5.54. The average Bonchev–Trinajstić information content (AvgIpc) is 2.03. The van der Waals surface area contributed by atoms with Gasteiger partial charge in [0.25, 0.3) is 0 Å². The molecule has 0 aromatic rings. The first kappa shape index (κ1) is 11.6. The topological polar surface area (TPSA) is 46.5 Å². The highest BCUT2D eigenvalue weighted by Crippen LogP contribution is 2.50. The lowest BCUT2D eigenvalue weighted by molar-refractivity contribution is 0.262. The van der Waals surface area contributed by atoms with E-state index in [1.165, 1.54) is 6.08 Å². The summed E-state index contributed by atoms with van der Waals surface area (Å²) in [6.45, 7) is 8.98. The molecule has 0 bridgehead atoms. The van der Waals surface area contributed by atoms with E-state index in [4.69, 9.17) is 4.52 Å². The molecule has 0 aliphatic rings. The highest BCUT2D eigenvalue weighted by Gasteiger charge is 2.20. The molecule has 1 unspecified atom stereocenters. The first-order valence-corrected chi connectivity index (χ1v) is 5.41. The molecule has 70 valence electrons. The second kappa shape index (κ2) is 5.31. The Kier molecular flexibility index (Phi) is 5.14. The normalized spacial score (nSPS) is 15.2. The van der Waals surface area contributed by atoms with Crippen LogP contribution in [-0.2, 0) is 9.09 Å². The molecule has 0 spiro atoms. The lowest BCUT2D eigenvalue weighted by Gasteiger charge is -2.10. The van der Waals surface area contributed by atoms with Crippen molar-refractivity contribution >= 4 is 7.60 Å². The molecule has 1 N–H and O–H groups in total. The summed E-state index contributed by atoms with van der Waals surface area (Å²) in [5.74, 6) is 0. The molecule has 4 heteroatoms. The van der Waals surface area contributed by atoms with E-state index in [1.54, 1.807) is 0 Å². The maximum Gasteiger partial charge on any atom is 0.358 e. The number of allylic oxidation sites excluding steroid dienone is 2. The molecule has 3 nitrogen and oxygen atoms in total. The van der Waals surface area contributed by atoms with Gasteiger partial charge in [-0.25, -0.2) is 0 Å². The van der Waals surface area contributed by atoms with E-state index in [2.05, 4.69) is 13.2 Å². The minimum atomic E-state index is -3.63. The number of unbranched alkanes of at least 4 members (excludes halogenated alkanes) is 1. The number of rotatable bonds is 6. The van der Waals surface area contributed by atoms with Crippen molar-refractivity contribution in [3.05, 3.63) is 24.5 Å². The zero-order valence-corrected chi connectivity index (χ0v) is 8.22. The van der Waals surface area contributed by atoms with Crippen molar-refractivity contribution in [2.24, 2.45) is 0 Å². The van der Waals surface area contributed by atoms with Crippen LogP contribution in [0, 0.1) is 0 Å². The monoisotopic (exact) mass is 190 g/mol. The maximum atomic E-state index is 11.2. The SMILES string of the molecule is C=CC(=C)P(=O)(O)OCCCC. The van der Waals surface area contributed by atoms with Crippen molar-refractivity contribution in [1.29, 1.82) is 0 Å². The molecule has 0 aromatic carbocycles. The molecule has 0 saturated heterocycles. The van der Waals surface area contributed by atoms with Gasteiger partial charge in [0.05, 0.1) is 11.9 Å². The van der Waals surface area contributed by atoms with Crippen LogP contribution in [-0.4, -0.2) is 11.5 Å². The highest BCUT2D eigenvalue weighted by molar-refractivity contribution is 7.57. The van der Waals surface area contributed by atoms with Gasteiger partial charge in [-0.3, -0.25) is 4.57 Å². The standard InChI is InChI=1S/C8H15O3P/c1-4-6-7-11-12(9,10)8(3)5-2/h5H,2-4,6-7H2,1H3,(H,9,10). The van der Waals surface area contributed by atoms with Gasteiger partial charge in [-0.05, 0) is 6.42 Å². The van der Waals surface area contributed by atoms with Crippen LogP contribution < -0.4 is 0 Å². The van der Waals surface area contributed by atoms with Crippen LogP contribution in [0.15, 0.2) is 24.5 Å². The molecule has 1 atom stereocenters. The Morgan fingerprint density at radius 1 is 1.75 bits per heavy atom. The molecular formula is C8H15O3P. The van der Waals surface area contributed by atoms with Gasteiger partial charge in [-0.2, -0.15) is 0 Å². The van der Waals surface area contributed by atoms with E-state index >= 15 is 0 Å². The molecule has 0 aliphatic heterocycles. The Bertz CT molecular complexity index is 210. The van der Waals surface area contributed by atoms with E-state index in [0.29, 0.717) is 0 Å². The summed E-state index contributed by atoms with van der Waals surface area (Å²) in [5, 5.41) is 0.0543. The van der Waals surface area contributed by atoms with Gasteiger partial charge < -0.3 is 9.42 Å². The molecular weight excluding hydrogens is 175 g/mol. The molecule has 0 rings (SSSR count). The van der Waals surface area contributed by atoms with Crippen LogP contribution in [0.5, 0.6) is 0 Å². The van der Waals surface area contributed by atoms with E-state index in [0.717, 1.165) is 12.8 Å². The third-order valence-corrected chi connectivity index (χ3v) is 2.80. The summed E-state index contributed by atoms with van der Waals surface area (Å²) >= 11 is 0. The van der Waals surface area contributed by atoms with Crippen LogP contribution in [0.3, 0.4) is 0 Å². The van der Waals surface area contributed by atoms with Crippen molar-refractivity contribution in [2.45, 2.75) is 19.8 Å².